The van der Waals surface area contributed by atoms with Crippen LogP contribution in [0.4, 0.5) is 0 Å². The fraction of sp³-hybridized carbons (Fsp3) is 0.0370. The van der Waals surface area contributed by atoms with Crippen LogP contribution >= 0.6 is 15.9 Å². The number of carboxylic acids is 1. The number of hydrogen-bond acceptors (Lipinski definition) is 5. The van der Waals surface area contributed by atoms with E-state index in [2.05, 4.69) is 31.5 Å². The van der Waals surface area contributed by atoms with Crippen molar-refractivity contribution in [2.45, 2.75) is 6.54 Å². The molecule has 0 aliphatic heterocycles. The quantitative estimate of drug-likeness (QED) is 0.253. The number of hydrogen-bond donors (Lipinski definition) is 4. The number of aromatic hydroxyl groups is 1. The summed E-state index contributed by atoms with van der Waals surface area (Å²) in [6.45, 7) is 0.212. The Balaban J connectivity index is 1.48. The zero-order valence-corrected chi connectivity index (χ0v) is 20.3. The van der Waals surface area contributed by atoms with Crippen molar-refractivity contribution in [3.8, 4) is 5.75 Å². The van der Waals surface area contributed by atoms with Gasteiger partial charge in [-0.3, -0.25) is 14.6 Å². The van der Waals surface area contributed by atoms with Gasteiger partial charge in [-0.25, -0.2) is 4.79 Å². The summed E-state index contributed by atoms with van der Waals surface area (Å²) in [6.07, 6.45) is 2.86. The van der Waals surface area contributed by atoms with E-state index in [4.69, 9.17) is 0 Å². The van der Waals surface area contributed by atoms with E-state index in [9.17, 15) is 24.6 Å². The van der Waals surface area contributed by atoms with E-state index in [0.717, 1.165) is 16.5 Å². The highest BCUT2D eigenvalue weighted by Gasteiger charge is 2.17. The number of nitrogens with one attached hydrogen (secondary N) is 2. The molecular weight excluding hydrogens is 526 g/mol. The van der Waals surface area contributed by atoms with E-state index < -0.39 is 11.9 Å². The van der Waals surface area contributed by atoms with Gasteiger partial charge in [-0.1, -0.05) is 30.3 Å². The van der Waals surface area contributed by atoms with Crippen molar-refractivity contribution >= 4 is 50.7 Å². The molecule has 0 radical (unpaired) electrons. The molecule has 4 aromatic rings. The molecule has 0 saturated carbocycles. The number of fused-ring (bicyclic) bond motifs is 1. The Morgan fingerprint density at radius 1 is 0.944 bits per heavy atom. The summed E-state index contributed by atoms with van der Waals surface area (Å²) in [5, 5.41) is 25.1. The molecule has 4 rings (SSSR count). The molecule has 3 aromatic carbocycles. The predicted molar refractivity (Wildman–Crippen MR) is 138 cm³/mol. The number of pyridine rings is 1. The molecule has 0 fully saturated rings. The van der Waals surface area contributed by atoms with Crippen LogP contribution < -0.4 is 10.6 Å². The van der Waals surface area contributed by atoms with Crippen molar-refractivity contribution in [1.29, 1.82) is 0 Å². The van der Waals surface area contributed by atoms with Gasteiger partial charge in [0.2, 0.25) is 0 Å². The molecule has 0 saturated heterocycles. The molecule has 180 valence electrons. The second-order valence-electron chi connectivity index (χ2n) is 7.83. The minimum atomic E-state index is -1.31. The fourth-order valence-electron chi connectivity index (χ4n) is 3.47. The normalized spacial score (nSPS) is 11.2. The number of halogens is 1. The molecule has 0 aliphatic rings. The summed E-state index contributed by atoms with van der Waals surface area (Å²) in [6, 6.07) is 20.1. The standard InChI is InChI=1S/C27H20BrN3O5/c28-22-13-19(25(33)30-14-16-4-3-6-20(32)11-16)8-9-21(22)26(34)31-24(27(35)36)12-17-10-18-5-1-2-7-23(18)29-15-17/h1-13,15,32H,14H2,(H,30,33)(H,31,34)(H,35,36)/b24-12-. The molecule has 36 heavy (non-hydrogen) atoms. The van der Waals surface area contributed by atoms with Crippen molar-refractivity contribution < 1.29 is 24.6 Å². The van der Waals surface area contributed by atoms with Crippen LogP contribution in [-0.4, -0.2) is 33.0 Å². The largest absolute Gasteiger partial charge is 0.508 e. The number of rotatable bonds is 7. The van der Waals surface area contributed by atoms with E-state index >= 15 is 0 Å². The number of aliphatic carboxylic acids is 1. The highest BCUT2D eigenvalue weighted by molar-refractivity contribution is 9.10. The average molecular weight is 546 g/mol. The number of carbonyl (C=O) groups excluding carboxylic acids is 2. The van der Waals surface area contributed by atoms with E-state index in [1.165, 1.54) is 36.5 Å². The van der Waals surface area contributed by atoms with Crippen LogP contribution in [0.5, 0.6) is 5.75 Å². The Morgan fingerprint density at radius 3 is 2.50 bits per heavy atom. The number of para-hydroxylation sites is 1. The van der Waals surface area contributed by atoms with Gasteiger partial charge in [0.05, 0.1) is 11.1 Å². The van der Waals surface area contributed by atoms with E-state index in [1.54, 1.807) is 24.3 Å². The second kappa shape index (κ2) is 10.8. The zero-order valence-electron chi connectivity index (χ0n) is 18.7. The Labute approximate surface area is 214 Å². The highest BCUT2D eigenvalue weighted by Crippen LogP contribution is 2.20. The van der Waals surface area contributed by atoms with Gasteiger partial charge in [0.1, 0.15) is 11.4 Å². The number of carboxylic acid groups (broad SMARTS) is 1. The molecule has 0 aliphatic carbocycles. The highest BCUT2D eigenvalue weighted by atomic mass is 79.9. The Hall–Kier alpha value is -4.50. The monoisotopic (exact) mass is 545 g/mol. The predicted octanol–water partition coefficient (Wildman–Crippen LogP) is 4.49. The van der Waals surface area contributed by atoms with Gasteiger partial charge < -0.3 is 20.8 Å². The zero-order chi connectivity index (χ0) is 25.7. The summed E-state index contributed by atoms with van der Waals surface area (Å²) in [4.78, 5) is 41.4. The Kier molecular flexibility index (Phi) is 7.41. The number of phenols is 1. The number of phenolic OH excluding ortho intramolecular Hbond substituents is 1. The lowest BCUT2D eigenvalue weighted by Crippen LogP contribution is -2.28. The van der Waals surface area contributed by atoms with Crippen LogP contribution in [0.15, 0.2) is 89.2 Å². The Bertz CT molecular complexity index is 1520. The van der Waals surface area contributed by atoms with Gasteiger partial charge in [-0.2, -0.15) is 0 Å². The van der Waals surface area contributed by atoms with Crippen molar-refractivity contribution in [3.63, 3.8) is 0 Å². The molecular formula is C27H20BrN3O5. The molecule has 1 aromatic heterocycles. The molecule has 9 heteroatoms. The Morgan fingerprint density at radius 2 is 1.75 bits per heavy atom. The summed E-state index contributed by atoms with van der Waals surface area (Å²) in [5.74, 6) is -2.24. The first-order valence-electron chi connectivity index (χ1n) is 10.8. The molecule has 0 bridgehead atoms. The number of nitrogens with zero attached hydrogens (tertiary/aromatic N) is 1. The summed E-state index contributed by atoms with van der Waals surface area (Å²) in [5.41, 5.74) is 2.15. The van der Waals surface area contributed by atoms with Crippen LogP contribution in [0, 0.1) is 0 Å². The maximum Gasteiger partial charge on any atom is 0.352 e. The average Bonchev–Trinajstić information content (AvgIpc) is 2.86. The lowest BCUT2D eigenvalue weighted by Gasteiger charge is -2.10. The summed E-state index contributed by atoms with van der Waals surface area (Å²) >= 11 is 3.29. The van der Waals surface area contributed by atoms with Crippen LogP contribution in [0.2, 0.25) is 0 Å². The molecule has 0 atom stereocenters. The lowest BCUT2D eigenvalue weighted by molar-refractivity contribution is -0.132. The first kappa shape index (κ1) is 24.6. The molecule has 0 spiro atoms. The molecule has 2 amide bonds. The molecule has 0 unspecified atom stereocenters. The minimum Gasteiger partial charge on any atom is -0.508 e. The maximum absolute atomic E-state index is 12.8. The first-order valence-corrected chi connectivity index (χ1v) is 11.6. The summed E-state index contributed by atoms with van der Waals surface area (Å²) in [7, 11) is 0. The molecule has 4 N–H and O–H groups in total. The molecule has 1 heterocycles. The van der Waals surface area contributed by atoms with Gasteiger partial charge in [0.25, 0.3) is 11.8 Å². The van der Waals surface area contributed by atoms with Crippen molar-refractivity contribution in [2.24, 2.45) is 0 Å². The topological polar surface area (TPSA) is 129 Å². The maximum atomic E-state index is 12.8. The van der Waals surface area contributed by atoms with Crippen molar-refractivity contribution in [3.05, 3.63) is 111 Å². The number of benzene rings is 3. The van der Waals surface area contributed by atoms with E-state index in [0.29, 0.717) is 15.6 Å². The molecule has 8 nitrogen and oxygen atoms in total. The second-order valence-corrected chi connectivity index (χ2v) is 8.68. The van der Waals surface area contributed by atoms with Gasteiger partial charge in [0, 0.05) is 28.2 Å². The van der Waals surface area contributed by atoms with Gasteiger partial charge in [0.15, 0.2) is 0 Å². The van der Waals surface area contributed by atoms with Crippen molar-refractivity contribution in [2.75, 3.05) is 0 Å². The number of amides is 2. The number of carbonyl (C=O) groups is 3. The smallest absolute Gasteiger partial charge is 0.352 e. The fourth-order valence-corrected chi connectivity index (χ4v) is 4.02. The van der Waals surface area contributed by atoms with Gasteiger partial charge in [-0.05, 0) is 75.6 Å². The van der Waals surface area contributed by atoms with Crippen LogP contribution in [-0.2, 0) is 11.3 Å². The number of aromatic nitrogens is 1. The third kappa shape index (κ3) is 5.94. The van der Waals surface area contributed by atoms with E-state index in [1.807, 2.05) is 24.3 Å². The third-order valence-electron chi connectivity index (χ3n) is 5.24. The van der Waals surface area contributed by atoms with Crippen LogP contribution in [0.1, 0.15) is 31.8 Å². The van der Waals surface area contributed by atoms with Crippen molar-refractivity contribution in [1.82, 2.24) is 15.6 Å². The SMILES string of the molecule is O=C(O)/C(=C/c1cnc2ccccc2c1)NC(=O)c1ccc(C(=O)NCc2cccc(O)c2)cc1Br. The first-order chi connectivity index (χ1) is 17.3. The van der Waals surface area contributed by atoms with E-state index in [-0.39, 0.29) is 29.5 Å². The third-order valence-corrected chi connectivity index (χ3v) is 5.90. The summed E-state index contributed by atoms with van der Waals surface area (Å²) < 4.78 is 0.321. The minimum absolute atomic E-state index is 0.103. The lowest BCUT2D eigenvalue weighted by atomic mass is 10.1. The van der Waals surface area contributed by atoms with Crippen LogP contribution in [0.25, 0.3) is 17.0 Å². The van der Waals surface area contributed by atoms with Crippen LogP contribution in [0.3, 0.4) is 0 Å². The van der Waals surface area contributed by atoms with Gasteiger partial charge in [-0.15, -0.1) is 0 Å². The van der Waals surface area contributed by atoms with Gasteiger partial charge >= 0.3 is 5.97 Å².